The molecule has 0 aliphatic rings. The molecular formula is C14H22ClN. The van der Waals surface area contributed by atoms with Crippen LogP contribution in [0.25, 0.3) is 0 Å². The topological polar surface area (TPSA) is 12.0 Å². The molecule has 0 saturated carbocycles. The summed E-state index contributed by atoms with van der Waals surface area (Å²) in [6, 6.07) is 8.13. The Morgan fingerprint density at radius 2 is 1.75 bits per heavy atom. The number of hydrogen-bond donors (Lipinski definition) is 1. The summed E-state index contributed by atoms with van der Waals surface area (Å²) in [6.07, 6.45) is 1.10. The molecule has 16 heavy (non-hydrogen) atoms. The van der Waals surface area contributed by atoms with Gasteiger partial charge in [0.1, 0.15) is 0 Å². The summed E-state index contributed by atoms with van der Waals surface area (Å²) in [5.41, 5.74) is 1.56. The maximum Gasteiger partial charge on any atom is 0.0406 e. The van der Waals surface area contributed by atoms with E-state index >= 15 is 0 Å². The molecule has 0 radical (unpaired) electrons. The fourth-order valence-corrected chi connectivity index (χ4v) is 1.70. The molecule has 1 unspecified atom stereocenters. The van der Waals surface area contributed by atoms with Crippen LogP contribution in [0.5, 0.6) is 0 Å². The van der Waals surface area contributed by atoms with Crippen molar-refractivity contribution in [1.82, 2.24) is 5.32 Å². The van der Waals surface area contributed by atoms with Crippen LogP contribution in [0.2, 0.25) is 5.02 Å². The number of benzene rings is 1. The van der Waals surface area contributed by atoms with Crippen LogP contribution in [0.4, 0.5) is 0 Å². The van der Waals surface area contributed by atoms with Gasteiger partial charge in [-0.25, -0.2) is 0 Å². The minimum atomic E-state index is 0.203. The van der Waals surface area contributed by atoms with Crippen molar-refractivity contribution in [2.75, 3.05) is 6.54 Å². The predicted octanol–water partition coefficient (Wildman–Crippen LogP) is 3.91. The lowest BCUT2D eigenvalue weighted by molar-refractivity contribution is 0.381. The van der Waals surface area contributed by atoms with Gasteiger partial charge in [0.25, 0.3) is 0 Å². The van der Waals surface area contributed by atoms with E-state index in [-0.39, 0.29) is 5.54 Å². The summed E-state index contributed by atoms with van der Waals surface area (Å²) in [5, 5.41) is 4.34. The van der Waals surface area contributed by atoms with Crippen LogP contribution in [0.1, 0.15) is 33.3 Å². The van der Waals surface area contributed by atoms with Gasteiger partial charge in [-0.2, -0.15) is 0 Å². The highest BCUT2D eigenvalue weighted by Crippen LogP contribution is 2.13. The Morgan fingerprint density at radius 3 is 2.25 bits per heavy atom. The average molecular weight is 240 g/mol. The summed E-state index contributed by atoms with van der Waals surface area (Å²) in [5.74, 6) is 0.639. The Hall–Kier alpha value is -0.530. The number of nitrogens with one attached hydrogen (secondary N) is 1. The van der Waals surface area contributed by atoms with Crippen molar-refractivity contribution in [1.29, 1.82) is 0 Å². The Balaban J connectivity index is 2.39. The zero-order valence-corrected chi connectivity index (χ0v) is 11.4. The summed E-state index contributed by atoms with van der Waals surface area (Å²) in [7, 11) is 0. The van der Waals surface area contributed by atoms with Gasteiger partial charge in [0, 0.05) is 10.6 Å². The smallest absolute Gasteiger partial charge is 0.0406 e. The van der Waals surface area contributed by atoms with Gasteiger partial charge in [0.05, 0.1) is 0 Å². The predicted molar refractivity (Wildman–Crippen MR) is 72.1 cm³/mol. The van der Waals surface area contributed by atoms with Gasteiger partial charge in [-0.15, -0.1) is 0 Å². The van der Waals surface area contributed by atoms with Crippen LogP contribution in [0, 0.1) is 5.92 Å². The molecule has 2 heteroatoms. The Morgan fingerprint density at radius 1 is 1.19 bits per heavy atom. The molecule has 0 heterocycles. The normalized spacial score (nSPS) is 13.8. The molecule has 0 bridgehead atoms. The van der Waals surface area contributed by atoms with Gasteiger partial charge < -0.3 is 5.32 Å². The van der Waals surface area contributed by atoms with Gasteiger partial charge in [-0.3, -0.25) is 0 Å². The molecule has 0 aromatic heterocycles. The Labute approximate surface area is 104 Å². The summed E-state index contributed by atoms with van der Waals surface area (Å²) < 4.78 is 0. The molecule has 1 nitrogen and oxygen atoms in total. The molecule has 0 aliphatic carbocycles. The molecule has 90 valence electrons. The van der Waals surface area contributed by atoms with Gasteiger partial charge in [-0.05, 0) is 57.4 Å². The van der Waals surface area contributed by atoms with Gasteiger partial charge in [-0.1, -0.05) is 30.7 Å². The fraction of sp³-hybridized carbons (Fsp3) is 0.571. The summed E-state index contributed by atoms with van der Waals surface area (Å²) in [4.78, 5) is 0. The van der Waals surface area contributed by atoms with Crippen LogP contribution in [-0.4, -0.2) is 12.1 Å². The second kappa shape index (κ2) is 5.70. The lowest BCUT2D eigenvalue weighted by Crippen LogP contribution is -2.38. The first-order chi connectivity index (χ1) is 7.37. The van der Waals surface area contributed by atoms with Gasteiger partial charge in [0.2, 0.25) is 0 Å². The van der Waals surface area contributed by atoms with E-state index in [4.69, 9.17) is 11.6 Å². The Kier molecular flexibility index (Phi) is 4.82. The van der Waals surface area contributed by atoms with Crippen molar-refractivity contribution < 1.29 is 0 Å². The van der Waals surface area contributed by atoms with E-state index in [1.54, 1.807) is 0 Å². The van der Waals surface area contributed by atoms with E-state index in [1.165, 1.54) is 5.56 Å². The molecule has 1 atom stereocenters. The zero-order valence-electron chi connectivity index (χ0n) is 10.7. The van der Waals surface area contributed by atoms with Crippen molar-refractivity contribution in [2.45, 2.75) is 39.7 Å². The number of hydrogen-bond acceptors (Lipinski definition) is 1. The highest BCUT2D eigenvalue weighted by atomic mass is 35.5. The monoisotopic (exact) mass is 239 g/mol. The van der Waals surface area contributed by atoms with E-state index in [2.05, 4.69) is 45.1 Å². The van der Waals surface area contributed by atoms with E-state index < -0.39 is 0 Å². The van der Waals surface area contributed by atoms with E-state index in [0.717, 1.165) is 18.0 Å². The van der Waals surface area contributed by atoms with E-state index in [9.17, 15) is 0 Å². The SMILES string of the molecule is CC(CNC(C)(C)C)Cc1ccc(Cl)cc1. The third kappa shape index (κ3) is 5.53. The molecule has 1 rings (SSSR count). The molecule has 1 aromatic rings. The second-order valence-corrected chi connectivity index (χ2v) is 6.00. The fourth-order valence-electron chi connectivity index (χ4n) is 1.58. The largest absolute Gasteiger partial charge is 0.312 e. The zero-order chi connectivity index (χ0) is 12.2. The maximum atomic E-state index is 5.86. The highest BCUT2D eigenvalue weighted by Gasteiger charge is 2.11. The van der Waals surface area contributed by atoms with Crippen molar-refractivity contribution in [3.8, 4) is 0 Å². The lowest BCUT2D eigenvalue weighted by Gasteiger charge is -2.23. The van der Waals surface area contributed by atoms with E-state index in [0.29, 0.717) is 5.92 Å². The summed E-state index contributed by atoms with van der Waals surface area (Å²) >= 11 is 5.86. The van der Waals surface area contributed by atoms with Crippen LogP contribution in [0.3, 0.4) is 0 Å². The van der Waals surface area contributed by atoms with E-state index in [1.807, 2.05) is 12.1 Å². The molecule has 0 saturated heterocycles. The third-order valence-electron chi connectivity index (χ3n) is 2.48. The quantitative estimate of drug-likeness (QED) is 0.840. The van der Waals surface area contributed by atoms with Crippen LogP contribution in [-0.2, 0) is 6.42 Å². The molecule has 1 aromatic carbocycles. The molecule has 0 spiro atoms. The van der Waals surface area contributed by atoms with Crippen molar-refractivity contribution in [3.05, 3.63) is 34.9 Å². The molecule has 1 N–H and O–H groups in total. The van der Waals surface area contributed by atoms with Crippen molar-refractivity contribution >= 4 is 11.6 Å². The standard InChI is InChI=1S/C14H22ClN/c1-11(10-16-14(2,3)4)9-12-5-7-13(15)8-6-12/h5-8,11,16H,9-10H2,1-4H3. The average Bonchev–Trinajstić information content (AvgIpc) is 2.18. The molecular weight excluding hydrogens is 218 g/mol. The van der Waals surface area contributed by atoms with Crippen LogP contribution < -0.4 is 5.32 Å². The highest BCUT2D eigenvalue weighted by molar-refractivity contribution is 6.30. The Bertz CT molecular complexity index is 311. The van der Waals surface area contributed by atoms with Crippen molar-refractivity contribution in [3.63, 3.8) is 0 Å². The molecule has 0 aliphatic heterocycles. The number of halogens is 1. The minimum Gasteiger partial charge on any atom is -0.312 e. The lowest BCUT2D eigenvalue weighted by atomic mass is 9.99. The maximum absolute atomic E-state index is 5.86. The van der Waals surface area contributed by atoms with Crippen molar-refractivity contribution in [2.24, 2.45) is 5.92 Å². The molecule has 0 fully saturated rings. The minimum absolute atomic E-state index is 0.203. The first-order valence-electron chi connectivity index (χ1n) is 5.86. The van der Waals surface area contributed by atoms with Crippen LogP contribution >= 0.6 is 11.6 Å². The molecule has 0 amide bonds. The van der Waals surface area contributed by atoms with Gasteiger partial charge in [0.15, 0.2) is 0 Å². The van der Waals surface area contributed by atoms with Crippen LogP contribution in [0.15, 0.2) is 24.3 Å². The first kappa shape index (κ1) is 13.5. The first-order valence-corrected chi connectivity index (χ1v) is 6.24. The third-order valence-corrected chi connectivity index (χ3v) is 2.73. The summed E-state index contributed by atoms with van der Waals surface area (Å²) in [6.45, 7) is 9.91. The van der Waals surface area contributed by atoms with Gasteiger partial charge >= 0.3 is 0 Å². The second-order valence-electron chi connectivity index (χ2n) is 5.57. The number of rotatable bonds is 4.